The molecule has 0 unspecified atom stereocenters. The normalized spacial score (nSPS) is 20.7. The minimum Gasteiger partial charge on any atom is -0.484 e. The summed E-state index contributed by atoms with van der Waals surface area (Å²) in [5.41, 5.74) is -0.213. The summed E-state index contributed by atoms with van der Waals surface area (Å²) in [4.78, 5) is 28.7. The summed E-state index contributed by atoms with van der Waals surface area (Å²) in [6.45, 7) is 1.58. The highest BCUT2D eigenvalue weighted by Crippen LogP contribution is 2.30. The van der Waals surface area contributed by atoms with Crippen LogP contribution in [0.25, 0.3) is 0 Å². The third-order valence-corrected chi connectivity index (χ3v) is 5.52. The van der Waals surface area contributed by atoms with Crippen LogP contribution in [0.5, 0.6) is 5.75 Å². The number of halogens is 2. The van der Waals surface area contributed by atoms with Gasteiger partial charge < -0.3 is 20.5 Å². The third kappa shape index (κ3) is 6.63. The van der Waals surface area contributed by atoms with E-state index in [-0.39, 0.29) is 37.0 Å². The minimum absolute atomic E-state index is 0.116. The Hall–Kier alpha value is -2.71. The summed E-state index contributed by atoms with van der Waals surface area (Å²) in [5.74, 6) is -1.06. The molecule has 31 heavy (non-hydrogen) atoms. The summed E-state index contributed by atoms with van der Waals surface area (Å²) >= 11 is 5.80. The maximum absolute atomic E-state index is 13.5. The van der Waals surface area contributed by atoms with Gasteiger partial charge >= 0.3 is 0 Å². The van der Waals surface area contributed by atoms with Crippen LogP contribution in [0.15, 0.2) is 36.5 Å². The predicted molar refractivity (Wildman–Crippen MR) is 113 cm³/mol. The van der Waals surface area contributed by atoms with Crippen molar-refractivity contribution >= 4 is 23.4 Å². The van der Waals surface area contributed by atoms with E-state index < -0.39 is 17.4 Å². The maximum Gasteiger partial charge on any atom is 0.260 e. The number of ether oxygens (including phenoxy) is 1. The van der Waals surface area contributed by atoms with E-state index in [4.69, 9.17) is 16.3 Å². The number of benzene rings is 1. The molecule has 0 aliphatic heterocycles. The Morgan fingerprint density at radius 3 is 2.68 bits per heavy atom. The van der Waals surface area contributed by atoms with Gasteiger partial charge in [-0.25, -0.2) is 4.39 Å². The Morgan fingerprint density at radius 2 is 2.03 bits per heavy atom. The van der Waals surface area contributed by atoms with Crippen LogP contribution in [0.2, 0.25) is 5.02 Å². The van der Waals surface area contributed by atoms with Gasteiger partial charge in [0.2, 0.25) is 5.91 Å². The Morgan fingerprint density at radius 1 is 1.29 bits per heavy atom. The topological polar surface area (TPSA) is 101 Å². The predicted octanol–water partition coefficient (Wildman–Crippen LogP) is 2.87. The number of aromatic nitrogens is 1. The van der Waals surface area contributed by atoms with Crippen LogP contribution in [-0.4, -0.2) is 34.2 Å². The first-order chi connectivity index (χ1) is 14.7. The average molecular weight is 450 g/mol. The molecule has 1 heterocycles. The van der Waals surface area contributed by atoms with Crippen molar-refractivity contribution < 1.29 is 23.8 Å². The third-order valence-electron chi connectivity index (χ3n) is 5.30. The maximum atomic E-state index is 13.5. The van der Waals surface area contributed by atoms with Crippen LogP contribution in [-0.2, 0) is 16.1 Å². The fraction of sp³-hybridized carbons (Fsp3) is 0.409. The quantitative estimate of drug-likeness (QED) is 0.564. The van der Waals surface area contributed by atoms with E-state index in [1.54, 1.807) is 31.2 Å². The van der Waals surface area contributed by atoms with E-state index in [1.165, 1.54) is 12.3 Å². The zero-order chi connectivity index (χ0) is 22.4. The number of amides is 2. The number of carbonyl (C=O) groups excluding carboxylic acids is 2. The molecule has 1 saturated carbocycles. The van der Waals surface area contributed by atoms with Gasteiger partial charge in [0.15, 0.2) is 6.61 Å². The number of rotatable bonds is 7. The molecule has 0 atom stereocenters. The standard InChI is InChI=1S/C22H25ClFN3O4/c1-14-2-5-18(10-19(14)24)31-13-20(28)27-22(30)8-6-15(7-9-22)21(29)26-12-17-4-3-16(23)11-25-17/h2-5,10-11,15,30H,6-9,12-13H2,1H3,(H,26,29)(H,27,28). The van der Waals surface area contributed by atoms with Crippen molar-refractivity contribution in [3.63, 3.8) is 0 Å². The van der Waals surface area contributed by atoms with Gasteiger partial charge in [0, 0.05) is 18.2 Å². The van der Waals surface area contributed by atoms with Crippen molar-refractivity contribution in [2.45, 2.75) is 44.9 Å². The number of aliphatic hydroxyl groups is 1. The molecule has 1 aromatic heterocycles. The molecular weight excluding hydrogens is 425 g/mol. The molecule has 3 N–H and O–H groups in total. The number of pyridine rings is 1. The lowest BCUT2D eigenvalue weighted by atomic mass is 9.83. The number of nitrogens with zero attached hydrogens (tertiary/aromatic N) is 1. The number of hydrogen-bond donors (Lipinski definition) is 3. The Kier molecular flexibility index (Phi) is 7.46. The van der Waals surface area contributed by atoms with Crippen LogP contribution >= 0.6 is 11.6 Å². The highest BCUT2D eigenvalue weighted by Gasteiger charge is 2.36. The summed E-state index contributed by atoms with van der Waals surface area (Å²) in [7, 11) is 0. The van der Waals surface area contributed by atoms with Crippen molar-refractivity contribution in [1.82, 2.24) is 15.6 Å². The lowest BCUT2D eigenvalue weighted by Crippen LogP contribution is -2.53. The van der Waals surface area contributed by atoms with Crippen LogP contribution in [0.3, 0.4) is 0 Å². The van der Waals surface area contributed by atoms with Gasteiger partial charge in [-0.15, -0.1) is 0 Å². The number of aryl methyl sites for hydroxylation is 1. The molecule has 0 bridgehead atoms. The molecule has 7 nitrogen and oxygen atoms in total. The van der Waals surface area contributed by atoms with Gasteiger partial charge in [-0.3, -0.25) is 14.6 Å². The van der Waals surface area contributed by atoms with E-state index >= 15 is 0 Å². The van der Waals surface area contributed by atoms with E-state index in [9.17, 15) is 19.1 Å². The molecule has 2 amide bonds. The molecule has 2 aromatic rings. The van der Waals surface area contributed by atoms with Crippen molar-refractivity contribution in [3.05, 3.63) is 58.6 Å². The number of hydrogen-bond acceptors (Lipinski definition) is 5. The van der Waals surface area contributed by atoms with E-state index in [1.807, 2.05) is 0 Å². The zero-order valence-corrected chi connectivity index (χ0v) is 17.9. The molecule has 1 aliphatic carbocycles. The lowest BCUT2D eigenvalue weighted by Gasteiger charge is -2.36. The minimum atomic E-state index is -1.40. The lowest BCUT2D eigenvalue weighted by molar-refractivity contribution is -0.136. The van der Waals surface area contributed by atoms with Gasteiger partial charge in [-0.05, 0) is 56.4 Å². The first kappa shape index (κ1) is 23.0. The van der Waals surface area contributed by atoms with E-state index in [0.29, 0.717) is 35.7 Å². The van der Waals surface area contributed by atoms with Gasteiger partial charge in [0.05, 0.1) is 17.3 Å². The molecule has 3 rings (SSSR count). The molecule has 166 valence electrons. The smallest absolute Gasteiger partial charge is 0.260 e. The number of nitrogens with one attached hydrogen (secondary N) is 2. The summed E-state index contributed by atoms with van der Waals surface area (Å²) < 4.78 is 18.8. The molecule has 1 aromatic carbocycles. The zero-order valence-electron chi connectivity index (χ0n) is 17.2. The second kappa shape index (κ2) is 10.1. The summed E-state index contributed by atoms with van der Waals surface area (Å²) in [5, 5.41) is 16.6. The van der Waals surface area contributed by atoms with Gasteiger partial charge in [-0.1, -0.05) is 17.7 Å². The van der Waals surface area contributed by atoms with Gasteiger partial charge in [0.1, 0.15) is 17.3 Å². The van der Waals surface area contributed by atoms with Crippen molar-refractivity contribution in [2.75, 3.05) is 6.61 Å². The van der Waals surface area contributed by atoms with Crippen LogP contribution in [0, 0.1) is 18.7 Å². The highest BCUT2D eigenvalue weighted by molar-refractivity contribution is 6.30. The molecule has 0 spiro atoms. The van der Waals surface area contributed by atoms with Gasteiger partial charge in [-0.2, -0.15) is 0 Å². The largest absolute Gasteiger partial charge is 0.484 e. The monoisotopic (exact) mass is 449 g/mol. The average Bonchev–Trinajstić information content (AvgIpc) is 2.74. The molecule has 0 saturated heterocycles. The highest BCUT2D eigenvalue weighted by atomic mass is 35.5. The van der Waals surface area contributed by atoms with Gasteiger partial charge in [0.25, 0.3) is 5.91 Å². The second-order valence-corrected chi connectivity index (χ2v) is 8.18. The Balaban J connectivity index is 1.41. The SMILES string of the molecule is Cc1ccc(OCC(=O)NC2(O)CCC(C(=O)NCc3ccc(Cl)cn3)CC2)cc1F. The van der Waals surface area contributed by atoms with E-state index in [0.717, 1.165) is 0 Å². The van der Waals surface area contributed by atoms with E-state index in [2.05, 4.69) is 15.6 Å². The Bertz CT molecular complexity index is 931. The van der Waals surface area contributed by atoms with Crippen LogP contribution < -0.4 is 15.4 Å². The van der Waals surface area contributed by atoms with Crippen molar-refractivity contribution in [1.29, 1.82) is 0 Å². The Labute approximate surface area is 185 Å². The summed E-state index contributed by atoms with van der Waals surface area (Å²) in [6.07, 6.45) is 2.87. The molecule has 1 fully saturated rings. The molecule has 0 radical (unpaired) electrons. The first-order valence-electron chi connectivity index (χ1n) is 10.0. The molecular formula is C22H25ClFN3O4. The molecule has 9 heteroatoms. The van der Waals surface area contributed by atoms with Crippen molar-refractivity contribution in [3.8, 4) is 5.75 Å². The van der Waals surface area contributed by atoms with Crippen molar-refractivity contribution in [2.24, 2.45) is 5.92 Å². The van der Waals surface area contributed by atoms with Crippen LogP contribution in [0.1, 0.15) is 36.9 Å². The number of carbonyl (C=O) groups is 2. The summed E-state index contributed by atoms with van der Waals surface area (Å²) in [6, 6.07) is 7.79. The first-order valence-corrected chi connectivity index (χ1v) is 10.4. The molecule has 1 aliphatic rings. The fourth-order valence-electron chi connectivity index (χ4n) is 3.42. The fourth-order valence-corrected chi connectivity index (χ4v) is 3.54. The second-order valence-electron chi connectivity index (χ2n) is 7.74. The van der Waals surface area contributed by atoms with Crippen LogP contribution in [0.4, 0.5) is 4.39 Å².